The van der Waals surface area contributed by atoms with Crippen molar-refractivity contribution < 1.29 is 15.3 Å². The Balaban J connectivity index is 1.95. The zero-order valence-electron chi connectivity index (χ0n) is 19.6. The van der Waals surface area contributed by atoms with Crippen LogP contribution in [0.2, 0.25) is 0 Å². The van der Waals surface area contributed by atoms with Crippen LogP contribution in [0.4, 0.5) is 0 Å². The fourth-order valence-corrected chi connectivity index (χ4v) is 4.58. The van der Waals surface area contributed by atoms with Gasteiger partial charge in [0, 0.05) is 12.8 Å². The molecular formula is C30H30O3. The molecule has 4 rings (SSSR count). The summed E-state index contributed by atoms with van der Waals surface area (Å²) in [7, 11) is 0. The van der Waals surface area contributed by atoms with Gasteiger partial charge in [0.1, 0.15) is 17.2 Å². The molecule has 0 atom stereocenters. The molecule has 0 saturated carbocycles. The second-order valence-corrected chi connectivity index (χ2v) is 9.03. The van der Waals surface area contributed by atoms with E-state index >= 15 is 0 Å². The Bertz CT molecular complexity index is 1260. The van der Waals surface area contributed by atoms with Crippen LogP contribution in [-0.2, 0) is 12.8 Å². The van der Waals surface area contributed by atoms with Crippen LogP contribution in [0.25, 0.3) is 11.1 Å². The summed E-state index contributed by atoms with van der Waals surface area (Å²) in [6.45, 7) is 8.03. The number of benzene rings is 4. The van der Waals surface area contributed by atoms with Crippen molar-refractivity contribution in [1.29, 1.82) is 0 Å². The summed E-state index contributed by atoms with van der Waals surface area (Å²) >= 11 is 0. The van der Waals surface area contributed by atoms with Crippen molar-refractivity contribution in [2.75, 3.05) is 0 Å². The summed E-state index contributed by atoms with van der Waals surface area (Å²) in [4.78, 5) is 0. The molecule has 3 N–H and O–H groups in total. The van der Waals surface area contributed by atoms with Gasteiger partial charge in [-0.05, 0) is 84.8 Å². The first-order chi connectivity index (χ1) is 15.7. The lowest BCUT2D eigenvalue weighted by atomic mass is 9.84. The highest BCUT2D eigenvalue weighted by atomic mass is 16.3. The van der Waals surface area contributed by atoms with E-state index in [0.717, 1.165) is 55.6 Å². The molecule has 0 aliphatic carbocycles. The Morgan fingerprint density at radius 3 is 1.52 bits per heavy atom. The third-order valence-corrected chi connectivity index (χ3v) is 6.25. The average molecular weight is 439 g/mol. The molecular weight excluding hydrogens is 408 g/mol. The summed E-state index contributed by atoms with van der Waals surface area (Å²) in [5.41, 5.74) is 9.99. The lowest BCUT2D eigenvalue weighted by Gasteiger charge is -2.20. The van der Waals surface area contributed by atoms with Gasteiger partial charge in [-0.1, -0.05) is 65.2 Å². The summed E-state index contributed by atoms with van der Waals surface area (Å²) in [6, 6.07) is 21.2. The molecule has 0 aliphatic heterocycles. The van der Waals surface area contributed by atoms with Gasteiger partial charge in [0.05, 0.1) is 0 Å². The molecule has 0 heterocycles. The van der Waals surface area contributed by atoms with Crippen molar-refractivity contribution in [1.82, 2.24) is 0 Å². The highest BCUT2D eigenvalue weighted by Gasteiger charge is 2.18. The third kappa shape index (κ3) is 4.73. The first kappa shape index (κ1) is 22.5. The van der Waals surface area contributed by atoms with E-state index in [1.807, 2.05) is 57.2 Å². The van der Waals surface area contributed by atoms with Gasteiger partial charge in [0.15, 0.2) is 0 Å². The minimum atomic E-state index is 0.252. The highest BCUT2D eigenvalue weighted by Crippen LogP contribution is 2.38. The molecule has 0 saturated heterocycles. The van der Waals surface area contributed by atoms with E-state index in [-0.39, 0.29) is 17.2 Å². The van der Waals surface area contributed by atoms with Gasteiger partial charge < -0.3 is 15.3 Å². The smallest absolute Gasteiger partial charge is 0.119 e. The van der Waals surface area contributed by atoms with E-state index in [9.17, 15) is 15.3 Å². The summed E-state index contributed by atoms with van der Waals surface area (Å²) in [5.74, 6) is 0.805. The molecule has 0 bridgehead atoms. The minimum Gasteiger partial charge on any atom is -0.508 e. The van der Waals surface area contributed by atoms with Crippen LogP contribution >= 0.6 is 0 Å². The summed E-state index contributed by atoms with van der Waals surface area (Å²) in [5, 5.41) is 31.5. The van der Waals surface area contributed by atoms with Gasteiger partial charge in [-0.25, -0.2) is 0 Å². The first-order valence-corrected chi connectivity index (χ1v) is 11.2. The fraction of sp³-hybridized carbons (Fsp3) is 0.200. The van der Waals surface area contributed by atoms with Crippen molar-refractivity contribution >= 4 is 0 Å². The van der Waals surface area contributed by atoms with E-state index in [1.54, 1.807) is 18.2 Å². The molecule has 0 amide bonds. The largest absolute Gasteiger partial charge is 0.508 e. The van der Waals surface area contributed by atoms with Gasteiger partial charge in [-0.2, -0.15) is 0 Å². The molecule has 4 aromatic carbocycles. The number of hydrogen-bond acceptors (Lipinski definition) is 3. The second-order valence-electron chi connectivity index (χ2n) is 9.03. The maximum absolute atomic E-state index is 10.5. The molecule has 0 aromatic heterocycles. The topological polar surface area (TPSA) is 60.7 Å². The van der Waals surface area contributed by atoms with Gasteiger partial charge in [0.2, 0.25) is 0 Å². The van der Waals surface area contributed by atoms with E-state index in [0.29, 0.717) is 12.8 Å². The predicted octanol–water partition coefficient (Wildman–Crippen LogP) is 6.89. The Labute approximate surface area is 195 Å². The Kier molecular flexibility index (Phi) is 6.15. The molecule has 0 radical (unpaired) electrons. The number of phenolic OH excluding ortho intramolecular Hbond substituents is 3. The number of aryl methyl sites for hydroxylation is 3. The van der Waals surface area contributed by atoms with E-state index in [4.69, 9.17) is 0 Å². The van der Waals surface area contributed by atoms with Crippen molar-refractivity contribution in [2.45, 2.75) is 40.5 Å². The Morgan fingerprint density at radius 2 is 1.00 bits per heavy atom. The van der Waals surface area contributed by atoms with Crippen LogP contribution in [0.15, 0.2) is 66.7 Å². The van der Waals surface area contributed by atoms with Crippen LogP contribution in [0.3, 0.4) is 0 Å². The molecule has 4 aromatic rings. The minimum absolute atomic E-state index is 0.252. The quantitative estimate of drug-likeness (QED) is 0.318. The van der Waals surface area contributed by atoms with Crippen LogP contribution in [0.5, 0.6) is 17.2 Å². The maximum Gasteiger partial charge on any atom is 0.119 e. The first-order valence-electron chi connectivity index (χ1n) is 11.2. The van der Waals surface area contributed by atoms with Crippen LogP contribution in [0, 0.1) is 27.7 Å². The lowest BCUT2D eigenvalue weighted by molar-refractivity contribution is 0.469. The number of aromatic hydroxyl groups is 3. The average Bonchev–Trinajstić information content (AvgIpc) is 2.76. The van der Waals surface area contributed by atoms with Crippen LogP contribution in [0.1, 0.15) is 44.5 Å². The normalized spacial score (nSPS) is 11.0. The molecule has 0 fully saturated rings. The van der Waals surface area contributed by atoms with Crippen molar-refractivity contribution in [2.24, 2.45) is 0 Å². The van der Waals surface area contributed by atoms with Gasteiger partial charge in [-0.3, -0.25) is 0 Å². The zero-order chi connectivity index (χ0) is 23.7. The van der Waals surface area contributed by atoms with Crippen LogP contribution < -0.4 is 0 Å². The number of hydrogen-bond donors (Lipinski definition) is 3. The standard InChI is InChI=1S/C30H30O3/c1-18-8-10-28(32)22(12-18)16-24-14-20(3)15-25(17-23-13-19(2)9-11-29(23)33)30(24)26-6-5-7-27(31)21(26)4/h5-15,31-33H,16-17H2,1-4H3. The molecule has 3 heteroatoms. The molecule has 168 valence electrons. The van der Waals surface area contributed by atoms with Gasteiger partial charge in [0.25, 0.3) is 0 Å². The number of phenols is 3. The van der Waals surface area contributed by atoms with E-state index in [2.05, 4.69) is 19.1 Å². The van der Waals surface area contributed by atoms with E-state index in [1.165, 1.54) is 0 Å². The van der Waals surface area contributed by atoms with Crippen molar-refractivity contribution in [3.63, 3.8) is 0 Å². The molecule has 3 nitrogen and oxygen atoms in total. The third-order valence-electron chi connectivity index (χ3n) is 6.25. The van der Waals surface area contributed by atoms with Crippen molar-refractivity contribution in [3.05, 3.63) is 111 Å². The van der Waals surface area contributed by atoms with E-state index < -0.39 is 0 Å². The van der Waals surface area contributed by atoms with Crippen LogP contribution in [-0.4, -0.2) is 15.3 Å². The van der Waals surface area contributed by atoms with Gasteiger partial charge >= 0.3 is 0 Å². The lowest BCUT2D eigenvalue weighted by Crippen LogP contribution is -2.02. The van der Waals surface area contributed by atoms with Crippen molar-refractivity contribution in [3.8, 4) is 28.4 Å². The zero-order valence-corrected chi connectivity index (χ0v) is 19.6. The molecule has 0 unspecified atom stereocenters. The maximum atomic E-state index is 10.5. The Hall–Kier alpha value is -3.72. The monoisotopic (exact) mass is 438 g/mol. The Morgan fingerprint density at radius 1 is 0.515 bits per heavy atom. The molecule has 0 spiro atoms. The fourth-order valence-electron chi connectivity index (χ4n) is 4.58. The number of rotatable bonds is 5. The van der Waals surface area contributed by atoms with Gasteiger partial charge in [-0.15, -0.1) is 0 Å². The summed E-state index contributed by atoms with van der Waals surface area (Å²) in [6.07, 6.45) is 1.12. The molecule has 33 heavy (non-hydrogen) atoms. The summed E-state index contributed by atoms with van der Waals surface area (Å²) < 4.78 is 0. The SMILES string of the molecule is Cc1ccc(O)c(Cc2cc(C)cc(Cc3cc(C)ccc3O)c2-c2cccc(O)c2C)c1. The second kappa shape index (κ2) is 9.03. The predicted molar refractivity (Wildman–Crippen MR) is 134 cm³/mol. The molecule has 0 aliphatic rings. The highest BCUT2D eigenvalue weighted by molar-refractivity contribution is 5.77.